The van der Waals surface area contributed by atoms with Gasteiger partial charge in [0.15, 0.2) is 11.6 Å². The summed E-state index contributed by atoms with van der Waals surface area (Å²) >= 11 is 0. The smallest absolute Gasteiger partial charge is 0.200 e. The molecule has 0 aliphatic heterocycles. The summed E-state index contributed by atoms with van der Waals surface area (Å²) < 4.78 is 0. The minimum absolute atomic E-state index is 0.388. The molecule has 0 saturated carbocycles. The van der Waals surface area contributed by atoms with Gasteiger partial charge in [-0.25, -0.2) is 4.98 Å². The topological polar surface area (TPSA) is 87.0 Å². The van der Waals surface area contributed by atoms with Crippen molar-refractivity contribution in [2.75, 3.05) is 0 Å². The van der Waals surface area contributed by atoms with E-state index in [9.17, 15) is 0 Å². The Hall–Kier alpha value is -2.24. The summed E-state index contributed by atoms with van der Waals surface area (Å²) in [5.74, 6) is 0.881. The fourth-order valence-corrected chi connectivity index (χ4v) is 1.44. The van der Waals surface area contributed by atoms with Crippen molar-refractivity contribution in [3.8, 4) is 11.5 Å². The van der Waals surface area contributed by atoms with Gasteiger partial charge in [-0.3, -0.25) is 10.1 Å². The van der Waals surface area contributed by atoms with Crippen LogP contribution in [0.2, 0.25) is 0 Å². The fraction of sp³-hybridized carbons (Fsp3) is 0.200. The summed E-state index contributed by atoms with van der Waals surface area (Å²) in [4.78, 5) is 8.39. The maximum absolute atomic E-state index is 8.36. The molecule has 2 aromatic heterocycles. The van der Waals surface area contributed by atoms with E-state index in [4.69, 9.17) is 5.21 Å². The van der Waals surface area contributed by atoms with Crippen LogP contribution in [0.25, 0.3) is 11.5 Å². The van der Waals surface area contributed by atoms with Crippen LogP contribution in [0.1, 0.15) is 17.0 Å². The third-order valence-electron chi connectivity index (χ3n) is 2.11. The molecule has 6 nitrogen and oxygen atoms in total. The summed E-state index contributed by atoms with van der Waals surface area (Å²) in [6, 6.07) is 2.01. The Morgan fingerprint density at radius 1 is 1.44 bits per heavy atom. The number of H-pyrrole nitrogens is 1. The molecule has 16 heavy (non-hydrogen) atoms. The van der Waals surface area contributed by atoms with Crippen LogP contribution in [0.4, 0.5) is 0 Å². The molecule has 0 bridgehead atoms. The van der Waals surface area contributed by atoms with Crippen molar-refractivity contribution in [1.82, 2.24) is 20.2 Å². The van der Waals surface area contributed by atoms with Gasteiger partial charge < -0.3 is 5.21 Å². The van der Waals surface area contributed by atoms with Gasteiger partial charge in [0, 0.05) is 6.20 Å². The number of pyridine rings is 1. The molecular weight excluding hydrogens is 206 g/mol. The minimum Gasteiger partial charge on any atom is -0.411 e. The molecule has 0 aliphatic carbocycles. The van der Waals surface area contributed by atoms with Crippen LogP contribution in [0.3, 0.4) is 0 Å². The van der Waals surface area contributed by atoms with Crippen LogP contribution >= 0.6 is 0 Å². The first-order valence-electron chi connectivity index (χ1n) is 4.74. The zero-order chi connectivity index (χ0) is 11.5. The van der Waals surface area contributed by atoms with Crippen LogP contribution in [-0.4, -0.2) is 31.6 Å². The molecule has 2 aromatic rings. The fourth-order valence-electron chi connectivity index (χ4n) is 1.44. The van der Waals surface area contributed by atoms with Crippen LogP contribution < -0.4 is 0 Å². The second kappa shape index (κ2) is 4.09. The standard InChI is InChI=1S/C10H11N5O/c1-6-3-7(2)9(11-4-6)10-13-8(5-12-16)14-15-10/h3-5,16H,1-2H3,(H,13,14,15). The van der Waals surface area contributed by atoms with Crippen LogP contribution in [0.5, 0.6) is 0 Å². The monoisotopic (exact) mass is 217 g/mol. The van der Waals surface area contributed by atoms with E-state index in [1.54, 1.807) is 6.20 Å². The number of nitrogens with zero attached hydrogens (tertiary/aromatic N) is 4. The van der Waals surface area contributed by atoms with E-state index in [2.05, 4.69) is 25.3 Å². The summed E-state index contributed by atoms with van der Waals surface area (Å²) in [6.45, 7) is 3.93. The molecular formula is C10H11N5O. The quantitative estimate of drug-likeness (QED) is 0.451. The molecule has 0 aromatic carbocycles. The first-order valence-corrected chi connectivity index (χ1v) is 4.74. The summed E-state index contributed by atoms with van der Waals surface area (Å²) in [5.41, 5.74) is 2.82. The lowest BCUT2D eigenvalue weighted by Crippen LogP contribution is -1.91. The summed E-state index contributed by atoms with van der Waals surface area (Å²) in [6.07, 6.45) is 2.94. The molecule has 2 N–H and O–H groups in total. The molecule has 0 amide bonds. The average molecular weight is 217 g/mol. The maximum atomic E-state index is 8.36. The van der Waals surface area contributed by atoms with Gasteiger partial charge in [-0.05, 0) is 25.0 Å². The van der Waals surface area contributed by atoms with Crippen molar-refractivity contribution in [1.29, 1.82) is 0 Å². The number of hydrogen-bond donors (Lipinski definition) is 2. The highest BCUT2D eigenvalue weighted by molar-refractivity contribution is 5.74. The van der Waals surface area contributed by atoms with Crippen molar-refractivity contribution in [2.24, 2.45) is 5.16 Å². The molecule has 0 unspecified atom stereocenters. The lowest BCUT2D eigenvalue weighted by atomic mass is 10.1. The Balaban J connectivity index is 2.42. The molecule has 2 heterocycles. The normalized spacial score (nSPS) is 11.1. The first-order chi connectivity index (χ1) is 7.70. The SMILES string of the molecule is Cc1cnc(-c2n[nH]c(C=NO)n2)c(C)c1. The molecule has 0 saturated heterocycles. The summed E-state index contributed by atoms with van der Waals surface area (Å²) in [7, 11) is 0. The number of nitrogens with one attached hydrogen (secondary N) is 1. The van der Waals surface area contributed by atoms with Crippen LogP contribution in [0, 0.1) is 13.8 Å². The number of rotatable bonds is 2. The van der Waals surface area contributed by atoms with Gasteiger partial charge in [0.05, 0.1) is 0 Å². The zero-order valence-corrected chi connectivity index (χ0v) is 8.97. The highest BCUT2D eigenvalue weighted by Crippen LogP contribution is 2.16. The number of aromatic amines is 1. The molecule has 0 spiro atoms. The third-order valence-corrected chi connectivity index (χ3v) is 2.11. The van der Waals surface area contributed by atoms with Crippen molar-refractivity contribution >= 4 is 6.21 Å². The zero-order valence-electron chi connectivity index (χ0n) is 8.97. The van der Waals surface area contributed by atoms with Gasteiger partial charge in [-0.15, -0.1) is 0 Å². The van der Waals surface area contributed by atoms with E-state index in [0.29, 0.717) is 11.6 Å². The molecule has 0 fully saturated rings. The van der Waals surface area contributed by atoms with E-state index in [0.717, 1.165) is 16.8 Å². The van der Waals surface area contributed by atoms with E-state index in [1.807, 2.05) is 19.9 Å². The first kappa shape index (κ1) is 10.3. The Morgan fingerprint density at radius 2 is 2.25 bits per heavy atom. The van der Waals surface area contributed by atoms with Crippen molar-refractivity contribution in [3.05, 3.63) is 29.2 Å². The number of oxime groups is 1. The maximum Gasteiger partial charge on any atom is 0.200 e. The van der Waals surface area contributed by atoms with Crippen molar-refractivity contribution < 1.29 is 5.21 Å². The van der Waals surface area contributed by atoms with Gasteiger partial charge in [-0.1, -0.05) is 11.2 Å². The van der Waals surface area contributed by atoms with Crippen LogP contribution in [0.15, 0.2) is 17.4 Å². The highest BCUT2D eigenvalue weighted by Gasteiger charge is 2.09. The van der Waals surface area contributed by atoms with Gasteiger partial charge in [0.1, 0.15) is 11.9 Å². The molecule has 82 valence electrons. The molecule has 0 radical (unpaired) electrons. The second-order valence-electron chi connectivity index (χ2n) is 3.47. The predicted octanol–water partition coefficient (Wildman–Crippen LogP) is 1.29. The molecule has 0 aliphatic rings. The lowest BCUT2D eigenvalue weighted by molar-refractivity contribution is 0.321. The number of aryl methyl sites for hydroxylation is 2. The largest absolute Gasteiger partial charge is 0.411 e. The van der Waals surface area contributed by atoms with E-state index < -0.39 is 0 Å². The minimum atomic E-state index is 0.388. The Bertz CT molecular complexity index is 532. The molecule has 2 rings (SSSR count). The van der Waals surface area contributed by atoms with Gasteiger partial charge in [0.2, 0.25) is 0 Å². The van der Waals surface area contributed by atoms with E-state index in [1.165, 1.54) is 6.21 Å². The van der Waals surface area contributed by atoms with E-state index >= 15 is 0 Å². The summed E-state index contributed by atoms with van der Waals surface area (Å²) in [5, 5.41) is 17.9. The Labute approximate surface area is 92.1 Å². The average Bonchev–Trinajstić information content (AvgIpc) is 2.67. The number of hydrogen-bond acceptors (Lipinski definition) is 5. The number of aromatic nitrogens is 4. The van der Waals surface area contributed by atoms with Crippen molar-refractivity contribution in [2.45, 2.75) is 13.8 Å². The highest BCUT2D eigenvalue weighted by atomic mass is 16.4. The van der Waals surface area contributed by atoms with Gasteiger partial charge >= 0.3 is 0 Å². The van der Waals surface area contributed by atoms with Gasteiger partial charge in [0.25, 0.3) is 0 Å². The van der Waals surface area contributed by atoms with E-state index in [-0.39, 0.29) is 0 Å². The second-order valence-corrected chi connectivity index (χ2v) is 3.47. The predicted molar refractivity (Wildman–Crippen MR) is 58.5 cm³/mol. The Kier molecular flexibility index (Phi) is 2.63. The van der Waals surface area contributed by atoms with Crippen molar-refractivity contribution in [3.63, 3.8) is 0 Å². The molecule has 6 heteroatoms. The van der Waals surface area contributed by atoms with Gasteiger partial charge in [-0.2, -0.15) is 5.10 Å². The van der Waals surface area contributed by atoms with Crippen LogP contribution in [-0.2, 0) is 0 Å². The third kappa shape index (κ3) is 1.90. The molecule has 0 atom stereocenters. The lowest BCUT2D eigenvalue weighted by Gasteiger charge is -2.00. The Morgan fingerprint density at radius 3 is 2.94 bits per heavy atom.